The maximum Gasteiger partial charge on any atom is 0.240 e. The molecule has 3 rings (SSSR count). The Bertz CT molecular complexity index is 671. The highest BCUT2D eigenvalue weighted by Crippen LogP contribution is 2.21. The predicted octanol–water partition coefficient (Wildman–Crippen LogP) is 2.50. The minimum absolute atomic E-state index is 0.0504. The number of nitrogen functional groups attached to an aromatic ring is 1. The third-order valence-corrected chi connectivity index (χ3v) is 4.08. The van der Waals surface area contributed by atoms with E-state index < -0.39 is 0 Å². The second kappa shape index (κ2) is 6.22. The zero-order valence-electron chi connectivity index (χ0n) is 12.9. The molecule has 0 unspecified atom stereocenters. The van der Waals surface area contributed by atoms with Crippen molar-refractivity contribution in [2.45, 2.75) is 45.2 Å². The van der Waals surface area contributed by atoms with Crippen molar-refractivity contribution in [3.63, 3.8) is 0 Å². The van der Waals surface area contributed by atoms with E-state index >= 15 is 0 Å². The Morgan fingerprint density at radius 3 is 2.91 bits per heavy atom. The smallest absolute Gasteiger partial charge is 0.240 e. The van der Waals surface area contributed by atoms with Gasteiger partial charge in [0.25, 0.3) is 0 Å². The number of nitrogens with one attached hydrogen (secondary N) is 1. The lowest BCUT2D eigenvalue weighted by molar-refractivity contribution is -0.122. The number of aryl methyl sites for hydroxylation is 1. The summed E-state index contributed by atoms with van der Waals surface area (Å²) in [6.45, 7) is 2.22. The standard InChI is InChI=1S/C17H22N4O/c1-12-10-21(11-16(22)20-15-7-2-3-8-15)17(19-12)13-5-4-6-14(18)9-13/h4-6,9-10,15H,2-3,7-8,11,18H2,1H3,(H,20,22). The van der Waals surface area contributed by atoms with Gasteiger partial charge in [0, 0.05) is 23.5 Å². The third kappa shape index (κ3) is 3.30. The number of imidazole rings is 1. The van der Waals surface area contributed by atoms with Gasteiger partial charge in [-0.2, -0.15) is 0 Å². The summed E-state index contributed by atoms with van der Waals surface area (Å²) in [6, 6.07) is 7.93. The summed E-state index contributed by atoms with van der Waals surface area (Å²) >= 11 is 0. The largest absolute Gasteiger partial charge is 0.399 e. The van der Waals surface area contributed by atoms with Crippen LogP contribution < -0.4 is 11.1 Å². The van der Waals surface area contributed by atoms with Gasteiger partial charge in [-0.1, -0.05) is 25.0 Å². The molecule has 1 fully saturated rings. The van der Waals surface area contributed by atoms with Gasteiger partial charge < -0.3 is 15.6 Å². The molecule has 0 atom stereocenters. The maximum absolute atomic E-state index is 12.2. The second-order valence-corrected chi connectivity index (χ2v) is 6.01. The Labute approximate surface area is 130 Å². The van der Waals surface area contributed by atoms with Crippen LogP contribution in [-0.4, -0.2) is 21.5 Å². The van der Waals surface area contributed by atoms with Crippen LogP contribution in [0.15, 0.2) is 30.5 Å². The molecule has 2 aromatic rings. The first-order valence-corrected chi connectivity index (χ1v) is 7.81. The molecule has 0 saturated heterocycles. The first-order chi connectivity index (χ1) is 10.6. The van der Waals surface area contributed by atoms with E-state index in [0.717, 1.165) is 29.9 Å². The molecular weight excluding hydrogens is 276 g/mol. The Hall–Kier alpha value is -2.30. The molecule has 0 radical (unpaired) electrons. The Kier molecular flexibility index (Phi) is 4.13. The summed E-state index contributed by atoms with van der Waals surface area (Å²) in [5.74, 6) is 0.834. The number of amides is 1. The van der Waals surface area contributed by atoms with Crippen molar-refractivity contribution in [2.75, 3.05) is 5.73 Å². The Balaban J connectivity index is 1.77. The molecule has 1 amide bonds. The molecule has 0 spiro atoms. The molecule has 116 valence electrons. The lowest BCUT2D eigenvalue weighted by atomic mass is 10.2. The first kappa shape index (κ1) is 14.6. The molecule has 1 aliphatic carbocycles. The normalized spacial score (nSPS) is 15.1. The molecule has 1 aromatic heterocycles. The van der Waals surface area contributed by atoms with Crippen LogP contribution in [0.25, 0.3) is 11.4 Å². The van der Waals surface area contributed by atoms with Gasteiger partial charge in [0.05, 0.1) is 5.69 Å². The van der Waals surface area contributed by atoms with Crippen LogP contribution in [0.5, 0.6) is 0 Å². The third-order valence-electron chi connectivity index (χ3n) is 4.08. The van der Waals surface area contributed by atoms with Crippen LogP contribution in [-0.2, 0) is 11.3 Å². The molecule has 1 heterocycles. The molecular formula is C17H22N4O. The lowest BCUT2D eigenvalue weighted by Crippen LogP contribution is -2.35. The lowest BCUT2D eigenvalue weighted by Gasteiger charge is -2.13. The summed E-state index contributed by atoms with van der Waals surface area (Å²) in [5.41, 5.74) is 8.37. The van der Waals surface area contributed by atoms with E-state index in [4.69, 9.17) is 5.73 Å². The number of nitrogens with two attached hydrogens (primary N) is 1. The van der Waals surface area contributed by atoms with E-state index in [1.807, 2.05) is 42.0 Å². The van der Waals surface area contributed by atoms with E-state index in [2.05, 4.69) is 10.3 Å². The van der Waals surface area contributed by atoms with Crippen LogP contribution in [0.3, 0.4) is 0 Å². The summed E-state index contributed by atoms with van der Waals surface area (Å²) < 4.78 is 1.90. The van der Waals surface area contributed by atoms with Crippen LogP contribution in [0.2, 0.25) is 0 Å². The van der Waals surface area contributed by atoms with Crippen LogP contribution in [0.1, 0.15) is 31.4 Å². The van der Waals surface area contributed by atoms with Crippen LogP contribution >= 0.6 is 0 Å². The number of nitrogens with zero attached hydrogens (tertiary/aromatic N) is 2. The van der Waals surface area contributed by atoms with Gasteiger partial charge in [-0.15, -0.1) is 0 Å². The monoisotopic (exact) mass is 298 g/mol. The van der Waals surface area contributed by atoms with E-state index in [1.165, 1.54) is 12.8 Å². The number of rotatable bonds is 4. The molecule has 0 bridgehead atoms. The molecule has 1 aliphatic rings. The molecule has 0 aliphatic heterocycles. The average Bonchev–Trinajstić information content (AvgIpc) is 3.08. The number of benzene rings is 1. The fraction of sp³-hybridized carbons (Fsp3) is 0.412. The predicted molar refractivity (Wildman–Crippen MR) is 87.2 cm³/mol. The fourth-order valence-corrected chi connectivity index (χ4v) is 3.07. The fourth-order valence-electron chi connectivity index (χ4n) is 3.07. The SMILES string of the molecule is Cc1cn(CC(=O)NC2CCCC2)c(-c2cccc(N)c2)n1. The number of aromatic nitrogens is 2. The number of hydrogen-bond donors (Lipinski definition) is 2. The molecule has 1 saturated carbocycles. The van der Waals surface area contributed by atoms with Gasteiger partial charge in [0.1, 0.15) is 12.4 Å². The topological polar surface area (TPSA) is 72.9 Å². The summed E-state index contributed by atoms with van der Waals surface area (Å²) in [6.07, 6.45) is 6.52. The van der Waals surface area contributed by atoms with Crippen molar-refractivity contribution in [1.82, 2.24) is 14.9 Å². The van der Waals surface area contributed by atoms with E-state index in [0.29, 0.717) is 18.3 Å². The number of hydrogen-bond acceptors (Lipinski definition) is 3. The van der Waals surface area contributed by atoms with Gasteiger partial charge in [0.2, 0.25) is 5.91 Å². The van der Waals surface area contributed by atoms with Gasteiger partial charge in [-0.05, 0) is 31.9 Å². The zero-order valence-corrected chi connectivity index (χ0v) is 12.9. The first-order valence-electron chi connectivity index (χ1n) is 7.81. The molecule has 3 N–H and O–H groups in total. The number of carbonyl (C=O) groups is 1. The summed E-state index contributed by atoms with van der Waals surface area (Å²) in [4.78, 5) is 16.8. The van der Waals surface area contributed by atoms with Crippen LogP contribution in [0, 0.1) is 6.92 Å². The minimum atomic E-state index is 0.0504. The van der Waals surface area contributed by atoms with E-state index in [-0.39, 0.29) is 5.91 Å². The number of carbonyl (C=O) groups excluding carboxylic acids is 1. The summed E-state index contributed by atoms with van der Waals surface area (Å²) in [7, 11) is 0. The quantitative estimate of drug-likeness (QED) is 0.852. The van der Waals surface area contributed by atoms with Gasteiger partial charge in [0.15, 0.2) is 0 Å². The zero-order chi connectivity index (χ0) is 15.5. The summed E-state index contributed by atoms with van der Waals surface area (Å²) in [5, 5.41) is 3.11. The highest BCUT2D eigenvalue weighted by atomic mass is 16.2. The number of anilines is 1. The van der Waals surface area contributed by atoms with Crippen molar-refractivity contribution in [2.24, 2.45) is 0 Å². The minimum Gasteiger partial charge on any atom is -0.399 e. The van der Waals surface area contributed by atoms with Crippen molar-refractivity contribution < 1.29 is 4.79 Å². The molecule has 5 nitrogen and oxygen atoms in total. The van der Waals surface area contributed by atoms with Gasteiger partial charge in [-0.3, -0.25) is 4.79 Å². The molecule has 22 heavy (non-hydrogen) atoms. The second-order valence-electron chi connectivity index (χ2n) is 6.01. The van der Waals surface area contributed by atoms with Crippen molar-refractivity contribution in [1.29, 1.82) is 0 Å². The molecule has 1 aromatic carbocycles. The van der Waals surface area contributed by atoms with Crippen molar-refractivity contribution in [3.05, 3.63) is 36.2 Å². The maximum atomic E-state index is 12.2. The van der Waals surface area contributed by atoms with Crippen molar-refractivity contribution in [3.8, 4) is 11.4 Å². The molecule has 5 heteroatoms. The van der Waals surface area contributed by atoms with E-state index in [1.54, 1.807) is 0 Å². The van der Waals surface area contributed by atoms with Crippen molar-refractivity contribution >= 4 is 11.6 Å². The highest BCUT2D eigenvalue weighted by Gasteiger charge is 2.18. The van der Waals surface area contributed by atoms with E-state index in [9.17, 15) is 4.79 Å². The highest BCUT2D eigenvalue weighted by molar-refractivity contribution is 5.77. The Morgan fingerprint density at radius 2 is 2.18 bits per heavy atom. The van der Waals surface area contributed by atoms with Gasteiger partial charge in [-0.25, -0.2) is 4.98 Å². The average molecular weight is 298 g/mol. The Morgan fingerprint density at radius 1 is 1.41 bits per heavy atom. The van der Waals surface area contributed by atoms with Gasteiger partial charge >= 0.3 is 0 Å². The van der Waals surface area contributed by atoms with Crippen LogP contribution in [0.4, 0.5) is 5.69 Å².